The Morgan fingerprint density at radius 2 is 1.68 bits per heavy atom. The number of nitrogens with one attached hydrogen (secondary N) is 1. The molecule has 0 amide bonds. The minimum absolute atomic E-state index is 0.134. The monoisotopic (exact) mass is 541 g/mol. The van der Waals surface area contributed by atoms with Crippen LogP contribution in [0, 0.1) is 10.1 Å². The molecule has 9 nitrogen and oxygen atoms in total. The number of carbonyl (C=O) groups is 2. The average molecular weight is 542 g/mol. The number of carbonyl (C=O) groups excluding carboxylic acids is 2. The van der Waals surface area contributed by atoms with Crippen LogP contribution in [0.25, 0.3) is 0 Å². The highest BCUT2D eigenvalue weighted by Crippen LogP contribution is 2.44. The van der Waals surface area contributed by atoms with Crippen LogP contribution in [0.4, 0.5) is 5.69 Å². The van der Waals surface area contributed by atoms with E-state index in [-0.39, 0.29) is 34.0 Å². The van der Waals surface area contributed by atoms with Gasteiger partial charge in [-0.2, -0.15) is 0 Å². The Morgan fingerprint density at radius 1 is 1.03 bits per heavy atom. The number of allylic oxidation sites excluding steroid dienone is 2. The maximum atomic E-state index is 13.3. The third-order valence-corrected chi connectivity index (χ3v) is 6.78. The van der Waals surface area contributed by atoms with Gasteiger partial charge in [0.2, 0.25) is 0 Å². The highest BCUT2D eigenvalue weighted by Gasteiger charge is 2.39. The zero-order chi connectivity index (χ0) is 27.8. The standard InChI is InChI=1S/C28H32ClN3O6/c1-18-23(27(33)37-4)25(21-13-10-14-22(26(21)29)32(35)36)24(19(2)30-18)28(34)38-16-9-8-15-31(3)17-20-11-6-5-7-12-20/h5-7,10-14,25,30H,8-9,15-17H2,1-4H3. The van der Waals surface area contributed by atoms with Crippen LogP contribution >= 0.6 is 11.6 Å². The molecule has 1 aliphatic rings. The summed E-state index contributed by atoms with van der Waals surface area (Å²) >= 11 is 6.43. The summed E-state index contributed by atoms with van der Waals surface area (Å²) in [6.07, 6.45) is 1.46. The Hall–Kier alpha value is -3.69. The summed E-state index contributed by atoms with van der Waals surface area (Å²) in [5, 5.41) is 14.4. The lowest BCUT2D eigenvalue weighted by atomic mass is 9.80. The Labute approximate surface area is 227 Å². The molecule has 1 atom stereocenters. The largest absolute Gasteiger partial charge is 0.466 e. The number of halogens is 1. The van der Waals surface area contributed by atoms with Gasteiger partial charge in [-0.25, -0.2) is 9.59 Å². The van der Waals surface area contributed by atoms with E-state index in [1.807, 2.05) is 25.2 Å². The number of rotatable bonds is 11. The SMILES string of the molecule is COC(=O)C1=C(C)NC(C)=C(C(=O)OCCCCN(C)Cc2ccccc2)C1c1cccc([N+](=O)[O-])c1Cl. The number of nitro groups is 1. The maximum absolute atomic E-state index is 13.3. The molecule has 1 heterocycles. The minimum Gasteiger partial charge on any atom is -0.466 e. The van der Waals surface area contributed by atoms with Crippen molar-refractivity contribution < 1.29 is 24.0 Å². The Balaban J connectivity index is 1.75. The first-order chi connectivity index (χ1) is 18.1. The van der Waals surface area contributed by atoms with E-state index in [2.05, 4.69) is 22.3 Å². The molecule has 0 aromatic heterocycles. The first-order valence-electron chi connectivity index (χ1n) is 12.2. The van der Waals surface area contributed by atoms with Gasteiger partial charge >= 0.3 is 11.9 Å². The Kier molecular flexibility index (Phi) is 10.0. The summed E-state index contributed by atoms with van der Waals surface area (Å²) in [6.45, 7) is 5.19. The maximum Gasteiger partial charge on any atom is 0.336 e. The van der Waals surface area contributed by atoms with Crippen molar-refractivity contribution in [2.45, 2.75) is 39.2 Å². The van der Waals surface area contributed by atoms with Gasteiger partial charge in [-0.1, -0.05) is 54.1 Å². The normalized spacial score (nSPS) is 15.4. The summed E-state index contributed by atoms with van der Waals surface area (Å²) in [6, 6.07) is 14.5. The van der Waals surface area contributed by atoms with Crippen LogP contribution < -0.4 is 5.32 Å². The molecule has 38 heavy (non-hydrogen) atoms. The summed E-state index contributed by atoms with van der Waals surface area (Å²) < 4.78 is 10.6. The summed E-state index contributed by atoms with van der Waals surface area (Å²) in [5.41, 5.74) is 2.36. The molecule has 0 spiro atoms. The van der Waals surface area contributed by atoms with Gasteiger partial charge in [-0.3, -0.25) is 10.1 Å². The van der Waals surface area contributed by atoms with Crippen LogP contribution in [0.1, 0.15) is 43.7 Å². The molecule has 0 aliphatic carbocycles. The second kappa shape index (κ2) is 13.2. The number of hydrogen-bond acceptors (Lipinski definition) is 8. The molecule has 202 valence electrons. The van der Waals surface area contributed by atoms with E-state index in [1.165, 1.54) is 24.8 Å². The van der Waals surface area contributed by atoms with Crippen LogP contribution in [0.5, 0.6) is 0 Å². The van der Waals surface area contributed by atoms with Crippen molar-refractivity contribution in [3.63, 3.8) is 0 Å². The highest BCUT2D eigenvalue weighted by molar-refractivity contribution is 6.33. The lowest BCUT2D eigenvalue weighted by Gasteiger charge is -2.30. The van der Waals surface area contributed by atoms with Gasteiger partial charge in [0, 0.05) is 24.0 Å². The molecule has 10 heteroatoms. The van der Waals surface area contributed by atoms with Crippen molar-refractivity contribution in [1.82, 2.24) is 10.2 Å². The number of ether oxygens (including phenoxy) is 2. The number of methoxy groups -OCH3 is 1. The van der Waals surface area contributed by atoms with Crippen molar-refractivity contribution in [3.05, 3.63) is 97.3 Å². The fourth-order valence-corrected chi connectivity index (χ4v) is 4.86. The first kappa shape index (κ1) is 28.9. The summed E-state index contributed by atoms with van der Waals surface area (Å²) in [5.74, 6) is -2.31. The van der Waals surface area contributed by atoms with E-state index in [9.17, 15) is 19.7 Å². The van der Waals surface area contributed by atoms with Gasteiger partial charge in [0.1, 0.15) is 5.02 Å². The minimum atomic E-state index is -0.999. The quantitative estimate of drug-likeness (QED) is 0.181. The van der Waals surface area contributed by atoms with Gasteiger partial charge in [-0.05, 0) is 51.4 Å². The zero-order valence-corrected chi connectivity index (χ0v) is 22.7. The van der Waals surface area contributed by atoms with Gasteiger partial charge in [0.25, 0.3) is 5.69 Å². The molecule has 0 saturated heterocycles. The van der Waals surface area contributed by atoms with E-state index in [0.29, 0.717) is 17.8 Å². The molecule has 3 rings (SSSR count). The molecule has 1 aliphatic heterocycles. The predicted octanol–water partition coefficient (Wildman–Crippen LogP) is 5.11. The topological polar surface area (TPSA) is 111 Å². The third kappa shape index (κ3) is 6.79. The molecule has 1 unspecified atom stereocenters. The molecule has 0 fully saturated rings. The molecule has 2 aromatic carbocycles. The smallest absolute Gasteiger partial charge is 0.336 e. The van der Waals surface area contributed by atoms with Crippen LogP contribution in [0.3, 0.4) is 0 Å². The summed E-state index contributed by atoms with van der Waals surface area (Å²) in [4.78, 5) is 39.2. The molecule has 0 bridgehead atoms. The summed E-state index contributed by atoms with van der Waals surface area (Å²) in [7, 11) is 3.27. The van der Waals surface area contributed by atoms with E-state index in [1.54, 1.807) is 19.9 Å². The van der Waals surface area contributed by atoms with E-state index in [0.717, 1.165) is 19.5 Å². The molecule has 0 saturated carbocycles. The van der Waals surface area contributed by atoms with Crippen molar-refractivity contribution >= 4 is 29.2 Å². The fraction of sp³-hybridized carbons (Fsp3) is 0.357. The third-order valence-electron chi connectivity index (χ3n) is 6.36. The van der Waals surface area contributed by atoms with Gasteiger partial charge in [-0.15, -0.1) is 0 Å². The van der Waals surface area contributed by atoms with Crippen molar-refractivity contribution in [2.75, 3.05) is 27.3 Å². The first-order valence-corrected chi connectivity index (χ1v) is 12.6. The average Bonchev–Trinajstić information content (AvgIpc) is 2.88. The fourth-order valence-electron chi connectivity index (χ4n) is 4.56. The van der Waals surface area contributed by atoms with Crippen LogP contribution in [0.15, 0.2) is 71.1 Å². The molecule has 0 radical (unpaired) electrons. The van der Waals surface area contributed by atoms with Gasteiger partial charge in [0.05, 0.1) is 35.7 Å². The van der Waals surface area contributed by atoms with Crippen molar-refractivity contribution in [2.24, 2.45) is 0 Å². The van der Waals surface area contributed by atoms with E-state index < -0.39 is 22.8 Å². The number of hydrogen-bond donors (Lipinski definition) is 1. The van der Waals surface area contributed by atoms with Gasteiger partial charge in [0.15, 0.2) is 0 Å². The number of unbranched alkanes of at least 4 members (excludes halogenated alkanes) is 1. The lowest BCUT2D eigenvalue weighted by molar-refractivity contribution is -0.384. The van der Waals surface area contributed by atoms with E-state index >= 15 is 0 Å². The van der Waals surface area contributed by atoms with Crippen LogP contribution in [-0.2, 0) is 25.6 Å². The second-order valence-electron chi connectivity index (χ2n) is 9.13. The molecule has 2 aromatic rings. The lowest BCUT2D eigenvalue weighted by Crippen LogP contribution is -2.32. The molecular weight excluding hydrogens is 510 g/mol. The number of nitro benzene ring substituents is 1. The van der Waals surface area contributed by atoms with Crippen LogP contribution in [0.2, 0.25) is 5.02 Å². The van der Waals surface area contributed by atoms with E-state index in [4.69, 9.17) is 21.1 Å². The number of nitrogens with zero attached hydrogens (tertiary/aromatic N) is 2. The van der Waals surface area contributed by atoms with Crippen molar-refractivity contribution in [3.8, 4) is 0 Å². The zero-order valence-electron chi connectivity index (χ0n) is 22.0. The predicted molar refractivity (Wildman–Crippen MR) is 144 cm³/mol. The van der Waals surface area contributed by atoms with Crippen LogP contribution in [-0.4, -0.2) is 49.1 Å². The highest BCUT2D eigenvalue weighted by atomic mass is 35.5. The second-order valence-corrected chi connectivity index (χ2v) is 9.51. The number of benzene rings is 2. The number of esters is 2. The van der Waals surface area contributed by atoms with Crippen molar-refractivity contribution in [1.29, 1.82) is 0 Å². The van der Waals surface area contributed by atoms with Gasteiger partial charge < -0.3 is 19.7 Å². The molecular formula is C28H32ClN3O6. The number of dihydropyridines is 1. The Bertz CT molecular complexity index is 1260. The molecule has 1 N–H and O–H groups in total. The Morgan fingerprint density at radius 3 is 2.32 bits per heavy atom.